The fourth-order valence-electron chi connectivity index (χ4n) is 4.00. The average molecular weight is 357 g/mol. The highest BCUT2D eigenvalue weighted by Crippen LogP contribution is 2.44. The fraction of sp³-hybridized carbons (Fsp3) is 0.526. The summed E-state index contributed by atoms with van der Waals surface area (Å²) in [6.45, 7) is 3.12. The fourth-order valence-corrected chi connectivity index (χ4v) is 4.00. The number of carbonyl (C=O) groups excluding carboxylic acids is 4. The van der Waals surface area contributed by atoms with E-state index in [4.69, 9.17) is 0 Å². The number of amides is 4. The van der Waals surface area contributed by atoms with Gasteiger partial charge in [0, 0.05) is 24.5 Å². The van der Waals surface area contributed by atoms with E-state index >= 15 is 0 Å². The maximum atomic E-state index is 13.2. The Kier molecular flexibility index (Phi) is 4.89. The van der Waals surface area contributed by atoms with Crippen LogP contribution in [0.4, 0.5) is 4.79 Å². The molecule has 0 N–H and O–H groups in total. The molecule has 2 fully saturated rings. The standard InChI is InChI=1S/C19H23N3O4/c1-3-21-16(24)19(2,14-8-4-5-9-14)17(25)22(18(21)26)12-15(23)13-7-6-10-20-11-13/h6-7,10-11,14H,3-5,8-9,12H2,1-2H3. The van der Waals surface area contributed by atoms with Crippen LogP contribution in [0.3, 0.4) is 0 Å². The first-order valence-electron chi connectivity index (χ1n) is 9.02. The summed E-state index contributed by atoms with van der Waals surface area (Å²) < 4.78 is 0. The van der Waals surface area contributed by atoms with Gasteiger partial charge in [-0.3, -0.25) is 29.2 Å². The van der Waals surface area contributed by atoms with Crippen molar-refractivity contribution >= 4 is 23.6 Å². The lowest BCUT2D eigenvalue weighted by molar-refractivity contribution is -0.161. The molecule has 0 bridgehead atoms. The Hall–Kier alpha value is -2.57. The molecule has 1 aromatic rings. The second-order valence-corrected chi connectivity index (χ2v) is 7.07. The van der Waals surface area contributed by atoms with Gasteiger partial charge in [0.2, 0.25) is 11.8 Å². The van der Waals surface area contributed by atoms with Crippen molar-refractivity contribution in [2.75, 3.05) is 13.1 Å². The number of nitrogens with zero attached hydrogens (tertiary/aromatic N) is 3. The number of urea groups is 1. The number of ketones is 1. The molecule has 1 aliphatic heterocycles. The van der Waals surface area contributed by atoms with Crippen LogP contribution >= 0.6 is 0 Å². The largest absolute Gasteiger partial charge is 0.333 e. The van der Waals surface area contributed by atoms with Crippen molar-refractivity contribution < 1.29 is 19.2 Å². The van der Waals surface area contributed by atoms with Gasteiger partial charge in [-0.2, -0.15) is 0 Å². The van der Waals surface area contributed by atoms with Crippen LogP contribution in [-0.2, 0) is 9.59 Å². The minimum Gasteiger partial charge on any atom is -0.292 e. The number of aromatic nitrogens is 1. The molecule has 7 heteroatoms. The zero-order valence-corrected chi connectivity index (χ0v) is 15.1. The van der Waals surface area contributed by atoms with Gasteiger partial charge >= 0.3 is 6.03 Å². The molecule has 1 aromatic heterocycles. The quantitative estimate of drug-likeness (QED) is 0.596. The van der Waals surface area contributed by atoms with Crippen LogP contribution < -0.4 is 0 Å². The molecule has 138 valence electrons. The summed E-state index contributed by atoms with van der Waals surface area (Å²) in [7, 11) is 0. The van der Waals surface area contributed by atoms with Crippen LogP contribution in [0, 0.1) is 11.3 Å². The molecule has 2 heterocycles. The average Bonchev–Trinajstić information content (AvgIpc) is 3.20. The van der Waals surface area contributed by atoms with E-state index in [0.717, 1.165) is 35.5 Å². The molecule has 2 aliphatic rings. The van der Waals surface area contributed by atoms with Gasteiger partial charge in [0.1, 0.15) is 5.41 Å². The van der Waals surface area contributed by atoms with E-state index < -0.39 is 23.3 Å². The number of hydrogen-bond donors (Lipinski definition) is 0. The Morgan fingerprint density at radius 2 is 1.85 bits per heavy atom. The van der Waals surface area contributed by atoms with Gasteiger partial charge < -0.3 is 0 Å². The second-order valence-electron chi connectivity index (χ2n) is 7.07. The summed E-state index contributed by atoms with van der Waals surface area (Å²) in [4.78, 5) is 57.3. The molecular formula is C19H23N3O4. The lowest BCUT2D eigenvalue weighted by atomic mass is 9.72. The van der Waals surface area contributed by atoms with Gasteiger partial charge in [-0.15, -0.1) is 0 Å². The topological polar surface area (TPSA) is 87.7 Å². The summed E-state index contributed by atoms with van der Waals surface area (Å²) in [6, 6.07) is 2.50. The van der Waals surface area contributed by atoms with E-state index in [9.17, 15) is 19.2 Å². The molecule has 7 nitrogen and oxygen atoms in total. The number of rotatable bonds is 5. The summed E-state index contributed by atoms with van der Waals surface area (Å²) in [5.74, 6) is -1.46. The molecule has 4 amide bonds. The second kappa shape index (κ2) is 6.97. The van der Waals surface area contributed by atoms with Crippen LogP contribution in [0.1, 0.15) is 49.9 Å². The van der Waals surface area contributed by atoms with E-state index in [2.05, 4.69) is 4.98 Å². The van der Waals surface area contributed by atoms with Crippen LogP contribution in [-0.4, -0.2) is 51.5 Å². The Morgan fingerprint density at radius 1 is 1.19 bits per heavy atom. The molecule has 1 saturated carbocycles. The first kappa shape index (κ1) is 18.2. The lowest BCUT2D eigenvalue weighted by Gasteiger charge is -2.44. The highest BCUT2D eigenvalue weighted by atomic mass is 16.2. The van der Waals surface area contributed by atoms with Gasteiger partial charge in [0.15, 0.2) is 5.78 Å². The van der Waals surface area contributed by atoms with E-state index in [1.807, 2.05) is 0 Å². The van der Waals surface area contributed by atoms with Gasteiger partial charge in [-0.25, -0.2) is 4.79 Å². The summed E-state index contributed by atoms with van der Waals surface area (Å²) in [5.41, 5.74) is -0.953. The van der Waals surface area contributed by atoms with Crippen molar-refractivity contribution in [2.45, 2.75) is 39.5 Å². The number of carbonyl (C=O) groups is 4. The van der Waals surface area contributed by atoms with Gasteiger partial charge in [0.05, 0.1) is 6.54 Å². The molecular weight excluding hydrogens is 334 g/mol. The summed E-state index contributed by atoms with van der Waals surface area (Å²) >= 11 is 0. The number of imide groups is 2. The predicted molar refractivity (Wildman–Crippen MR) is 93.1 cm³/mol. The molecule has 1 unspecified atom stereocenters. The van der Waals surface area contributed by atoms with Crippen molar-refractivity contribution in [3.63, 3.8) is 0 Å². The Bertz CT molecular complexity index is 742. The van der Waals surface area contributed by atoms with E-state index in [0.29, 0.717) is 5.56 Å². The Morgan fingerprint density at radius 3 is 2.42 bits per heavy atom. The van der Waals surface area contributed by atoms with Crippen molar-refractivity contribution in [1.29, 1.82) is 0 Å². The first-order valence-corrected chi connectivity index (χ1v) is 9.02. The molecule has 1 atom stereocenters. The zero-order valence-electron chi connectivity index (χ0n) is 15.1. The molecule has 26 heavy (non-hydrogen) atoms. The van der Waals surface area contributed by atoms with Crippen molar-refractivity contribution in [3.8, 4) is 0 Å². The van der Waals surface area contributed by atoms with Crippen LogP contribution in [0.2, 0.25) is 0 Å². The highest BCUT2D eigenvalue weighted by molar-refractivity contribution is 6.20. The third kappa shape index (κ3) is 2.81. The van der Waals surface area contributed by atoms with Crippen molar-refractivity contribution in [1.82, 2.24) is 14.8 Å². The lowest BCUT2D eigenvalue weighted by Crippen LogP contribution is -2.66. The third-order valence-electron chi connectivity index (χ3n) is 5.61. The number of barbiturate groups is 1. The van der Waals surface area contributed by atoms with Crippen LogP contribution in [0.25, 0.3) is 0 Å². The van der Waals surface area contributed by atoms with E-state index in [1.54, 1.807) is 32.2 Å². The zero-order chi connectivity index (χ0) is 18.9. The predicted octanol–water partition coefficient (Wildman–Crippen LogP) is 2.27. The van der Waals surface area contributed by atoms with Gasteiger partial charge in [-0.1, -0.05) is 12.8 Å². The van der Waals surface area contributed by atoms with Gasteiger partial charge in [-0.05, 0) is 44.7 Å². The van der Waals surface area contributed by atoms with Crippen molar-refractivity contribution in [3.05, 3.63) is 30.1 Å². The molecule has 1 saturated heterocycles. The number of hydrogen-bond acceptors (Lipinski definition) is 5. The van der Waals surface area contributed by atoms with E-state index in [-0.39, 0.29) is 24.8 Å². The monoisotopic (exact) mass is 357 g/mol. The van der Waals surface area contributed by atoms with Crippen LogP contribution in [0.15, 0.2) is 24.5 Å². The Labute approximate surface area is 152 Å². The SMILES string of the molecule is CCN1C(=O)N(CC(=O)c2cccnc2)C(=O)C(C)(C2CCCC2)C1=O. The number of Topliss-reactive ketones (excluding diaryl/α,β-unsaturated/α-hetero) is 1. The molecule has 1 aliphatic carbocycles. The molecule has 0 radical (unpaired) electrons. The van der Waals surface area contributed by atoms with Gasteiger partial charge in [0.25, 0.3) is 0 Å². The minimum absolute atomic E-state index is 0.0966. The molecule has 0 spiro atoms. The molecule has 3 rings (SSSR count). The number of pyridine rings is 1. The van der Waals surface area contributed by atoms with E-state index in [1.165, 1.54) is 6.20 Å². The van der Waals surface area contributed by atoms with Crippen molar-refractivity contribution in [2.24, 2.45) is 11.3 Å². The van der Waals surface area contributed by atoms with Crippen LogP contribution in [0.5, 0.6) is 0 Å². The molecule has 0 aromatic carbocycles. The normalized spacial score (nSPS) is 24.5. The highest BCUT2D eigenvalue weighted by Gasteiger charge is 2.58. The smallest absolute Gasteiger partial charge is 0.292 e. The third-order valence-corrected chi connectivity index (χ3v) is 5.61. The maximum absolute atomic E-state index is 13.2. The summed E-state index contributed by atoms with van der Waals surface area (Å²) in [6.07, 6.45) is 6.45. The minimum atomic E-state index is -1.28. The summed E-state index contributed by atoms with van der Waals surface area (Å²) in [5, 5.41) is 0. The Balaban J connectivity index is 1.93. The maximum Gasteiger partial charge on any atom is 0.333 e. The first-order chi connectivity index (χ1) is 12.4.